The van der Waals surface area contributed by atoms with Crippen LogP contribution in [0.3, 0.4) is 0 Å². The molecule has 3 aliphatic heterocycles. The lowest BCUT2D eigenvalue weighted by Gasteiger charge is -2.50. The van der Waals surface area contributed by atoms with E-state index in [0.717, 1.165) is 29.1 Å². The zero-order valence-electron chi connectivity index (χ0n) is 28.5. The van der Waals surface area contributed by atoms with Crippen LogP contribution in [0, 0.1) is 0 Å². The molecule has 5 heterocycles. The summed E-state index contributed by atoms with van der Waals surface area (Å²) in [7, 11) is 0. The van der Waals surface area contributed by atoms with E-state index in [2.05, 4.69) is 20.6 Å². The number of fused-ring (bicyclic) bond motifs is 2. The number of quaternary nitrogens is 1. The maximum absolute atomic E-state index is 13.7. The zero-order chi connectivity index (χ0) is 39.1. The van der Waals surface area contributed by atoms with E-state index < -0.39 is 70.6 Å². The first-order valence-electron chi connectivity index (χ1n) is 16.5. The van der Waals surface area contributed by atoms with Crippen LogP contribution in [-0.4, -0.2) is 128 Å². The number of carbonyl (C=O) groups excluding carboxylic acids is 2. The number of aryl methyl sites for hydroxylation is 1. The molecule has 0 radical (unpaired) electrons. The summed E-state index contributed by atoms with van der Waals surface area (Å²) in [6, 6.07) is 1.25. The predicted molar refractivity (Wildman–Crippen MR) is 197 cm³/mol. The van der Waals surface area contributed by atoms with Gasteiger partial charge >= 0.3 is 17.9 Å². The van der Waals surface area contributed by atoms with Gasteiger partial charge in [-0.05, 0) is 13.0 Å². The number of amides is 2. The Morgan fingerprint density at radius 3 is 2.40 bits per heavy atom. The molecule has 0 bridgehead atoms. The Morgan fingerprint density at radius 1 is 1.11 bits per heavy atom. The second-order valence-electron chi connectivity index (χ2n) is 12.9. The Kier molecular flexibility index (Phi) is 11.7. The van der Waals surface area contributed by atoms with Gasteiger partial charge in [0.25, 0.3) is 11.8 Å². The number of oxime groups is 1. The summed E-state index contributed by atoms with van der Waals surface area (Å²) in [6.07, 6.45) is -1.32. The maximum atomic E-state index is 13.7. The van der Waals surface area contributed by atoms with Crippen molar-refractivity contribution >= 4 is 74.6 Å². The molecule has 22 heteroatoms. The molecular weight excluding hydrogens is 765 g/mol. The number of aliphatic carboxylic acids is 3. The van der Waals surface area contributed by atoms with Gasteiger partial charge in [-0.3, -0.25) is 28.8 Å². The molecule has 294 valence electrons. The molecule has 1 aromatic carbocycles. The van der Waals surface area contributed by atoms with Crippen molar-refractivity contribution in [3.63, 3.8) is 0 Å². The number of anilines is 1. The summed E-state index contributed by atoms with van der Waals surface area (Å²) in [6.45, 7) is 3.72. The quantitative estimate of drug-likeness (QED) is 0.0388. The lowest BCUT2D eigenvalue weighted by atomic mass is 10.0. The van der Waals surface area contributed by atoms with Gasteiger partial charge in [0.1, 0.15) is 35.9 Å². The van der Waals surface area contributed by atoms with E-state index in [1.54, 1.807) is 4.68 Å². The summed E-state index contributed by atoms with van der Waals surface area (Å²) < 4.78 is 1.84. The first kappa shape index (κ1) is 40.4. The monoisotopic (exact) mass is 803 g/mol. The number of β-lactam (4-membered cyclic amide) rings is 1. The first-order valence-corrected chi connectivity index (χ1v) is 18.5. The minimum atomic E-state index is -1.95. The van der Waals surface area contributed by atoms with Gasteiger partial charge in [-0.25, -0.2) is 14.6 Å². The number of hydrogen-bond acceptors (Lipinski definition) is 15. The number of rotatable bonds is 14. The average Bonchev–Trinajstić information content (AvgIpc) is 3.77. The molecule has 3 aliphatic rings. The number of aromatic nitrogens is 3. The van der Waals surface area contributed by atoms with E-state index >= 15 is 0 Å². The number of nitrogens with one attached hydrogen (secondary N) is 1. The van der Waals surface area contributed by atoms with Crippen LogP contribution in [0.15, 0.2) is 38.7 Å². The van der Waals surface area contributed by atoms with E-state index in [1.807, 2.05) is 6.92 Å². The molecule has 0 saturated carbocycles. The number of phenols is 2. The number of likely N-dealkylation sites (tertiary alicyclic amines) is 1. The number of nitrogens with zero attached hydrogens (tertiary/aromatic N) is 6. The van der Waals surface area contributed by atoms with Crippen molar-refractivity contribution in [3.05, 3.63) is 50.4 Å². The number of benzene rings is 1. The van der Waals surface area contributed by atoms with Crippen molar-refractivity contribution in [1.82, 2.24) is 25.0 Å². The molecule has 2 aromatic heterocycles. The molecule has 0 unspecified atom stereocenters. The Hall–Kier alpha value is -5.74. The third-order valence-electron chi connectivity index (χ3n) is 9.37. The predicted octanol–water partition coefficient (Wildman–Crippen LogP) is 0.700. The SMILES string of the molecule is C.CCn1nc(C[N+]2(CC3=C(C(=O)O)N4C(=O)[C@@H](NC(=O)/C(=N\O[C@@H](CC(=O)O)C(=O)O)c5csc(N)n5)[C@H]4SC3)CCCC2)c(=O)c2cc(O)c(O)cc21. The van der Waals surface area contributed by atoms with E-state index in [1.165, 1.54) is 29.3 Å². The highest BCUT2D eigenvalue weighted by molar-refractivity contribution is 8.00. The van der Waals surface area contributed by atoms with Gasteiger partial charge < -0.3 is 45.9 Å². The number of thioether (sulfide) groups is 1. The van der Waals surface area contributed by atoms with Crippen molar-refractivity contribution in [2.45, 2.75) is 64.2 Å². The first-order chi connectivity index (χ1) is 25.6. The van der Waals surface area contributed by atoms with Crippen molar-refractivity contribution in [1.29, 1.82) is 0 Å². The third kappa shape index (κ3) is 7.91. The number of carboxylic acid groups (broad SMARTS) is 3. The number of nitrogen functional groups attached to an aromatic ring is 1. The highest BCUT2D eigenvalue weighted by atomic mass is 32.2. The van der Waals surface area contributed by atoms with Crippen LogP contribution in [0.25, 0.3) is 10.9 Å². The van der Waals surface area contributed by atoms with Crippen LogP contribution < -0.4 is 16.5 Å². The molecule has 8 N–H and O–H groups in total. The van der Waals surface area contributed by atoms with Gasteiger partial charge in [0, 0.05) is 42.2 Å². The summed E-state index contributed by atoms with van der Waals surface area (Å²) in [5.41, 5.74) is 5.33. The van der Waals surface area contributed by atoms with Crippen LogP contribution in [-0.2, 0) is 41.9 Å². The highest BCUT2D eigenvalue weighted by Crippen LogP contribution is 2.42. The molecule has 20 nitrogen and oxygen atoms in total. The molecule has 2 fully saturated rings. The number of aromatic hydroxyl groups is 2. The lowest BCUT2D eigenvalue weighted by molar-refractivity contribution is -0.925. The summed E-state index contributed by atoms with van der Waals surface area (Å²) >= 11 is 2.14. The Bertz CT molecular complexity index is 2200. The van der Waals surface area contributed by atoms with Gasteiger partial charge in [-0.2, -0.15) is 5.10 Å². The van der Waals surface area contributed by atoms with Gasteiger partial charge in [-0.1, -0.05) is 12.6 Å². The van der Waals surface area contributed by atoms with Crippen LogP contribution in [0.4, 0.5) is 5.13 Å². The van der Waals surface area contributed by atoms with Crippen molar-refractivity contribution in [3.8, 4) is 11.5 Å². The Balaban J connectivity index is 0.00000580. The number of phenolic OH excluding ortho intramolecular Hbond substituents is 2. The fourth-order valence-corrected chi connectivity index (χ4v) is 8.75. The minimum Gasteiger partial charge on any atom is -0.504 e. The van der Waals surface area contributed by atoms with Gasteiger partial charge in [0.05, 0.1) is 30.4 Å². The van der Waals surface area contributed by atoms with Crippen LogP contribution >= 0.6 is 23.1 Å². The molecule has 2 amide bonds. The highest BCUT2D eigenvalue weighted by Gasteiger charge is 2.55. The molecule has 55 heavy (non-hydrogen) atoms. The van der Waals surface area contributed by atoms with E-state index in [9.17, 15) is 49.2 Å². The van der Waals surface area contributed by atoms with E-state index in [0.29, 0.717) is 30.7 Å². The second kappa shape index (κ2) is 15.9. The average molecular weight is 804 g/mol. The second-order valence-corrected chi connectivity index (χ2v) is 14.9. The standard InChI is InChI=1S/C32H34N8O12S2.CH4/c1-2-38-18-8-20(42)19(41)7-15(18)26(45)16(36-38)11-40(5-3-4-6-40)10-14-12-53-29-24(28(47)39(29)25(14)31(50)51)35-27(46)23(17-13-54-32(33)34-17)37-52-21(30(48)49)9-22(43)44;/h7-8,13,21,24,29H,2-6,9-12H2,1H3,(H7-,33,34,35,36,37,41,42,43,44,45,46,48,49,50,51);1H4/p+1/t21-,24+,29+;/m0./s1. The molecule has 0 spiro atoms. The molecular formula is C33H39N8O12S2+. The topological polar surface area (TPSA) is 297 Å². The van der Waals surface area contributed by atoms with Gasteiger partial charge in [-0.15, -0.1) is 23.1 Å². The van der Waals surface area contributed by atoms with Gasteiger partial charge in [0.2, 0.25) is 11.5 Å². The number of carboxylic acids is 3. The fraction of sp³-hybridized carbons (Fsp3) is 0.424. The fourth-order valence-electron chi connectivity index (χ4n) is 6.87. The molecule has 2 saturated heterocycles. The molecule has 3 aromatic rings. The summed E-state index contributed by atoms with van der Waals surface area (Å²) in [4.78, 5) is 86.0. The lowest BCUT2D eigenvalue weighted by Crippen LogP contribution is -2.71. The number of nitrogens with two attached hydrogens (primary N) is 1. The smallest absolute Gasteiger partial charge is 0.352 e. The maximum Gasteiger partial charge on any atom is 0.352 e. The van der Waals surface area contributed by atoms with Crippen molar-refractivity contribution in [2.75, 3.05) is 31.1 Å². The number of thiazole rings is 1. The number of carbonyl (C=O) groups is 5. The largest absolute Gasteiger partial charge is 0.504 e. The van der Waals surface area contributed by atoms with Gasteiger partial charge in [0.15, 0.2) is 28.0 Å². The molecule has 3 atom stereocenters. The summed E-state index contributed by atoms with van der Waals surface area (Å²) in [5, 5.41) is 60.3. The molecule has 0 aliphatic carbocycles. The van der Waals surface area contributed by atoms with E-state index in [4.69, 9.17) is 15.7 Å². The zero-order valence-corrected chi connectivity index (χ0v) is 30.1. The Labute approximate surface area is 320 Å². The van der Waals surface area contributed by atoms with E-state index in [-0.39, 0.29) is 64.1 Å². The summed E-state index contributed by atoms with van der Waals surface area (Å²) in [5.74, 6) is -6.95. The minimum absolute atomic E-state index is 0. The van der Waals surface area contributed by atoms with Crippen LogP contribution in [0.2, 0.25) is 0 Å². The Morgan fingerprint density at radius 2 is 1.80 bits per heavy atom. The van der Waals surface area contributed by atoms with Crippen LogP contribution in [0.5, 0.6) is 11.5 Å². The van der Waals surface area contributed by atoms with Crippen molar-refractivity contribution in [2.24, 2.45) is 5.16 Å². The number of hydrogen-bond donors (Lipinski definition) is 7. The van der Waals surface area contributed by atoms with Crippen molar-refractivity contribution < 1.29 is 58.8 Å². The normalized spacial score (nSPS) is 19.6. The van der Waals surface area contributed by atoms with Crippen LogP contribution in [0.1, 0.15) is 45.0 Å². The molecule has 6 rings (SSSR count). The third-order valence-corrected chi connectivity index (χ3v) is 11.4.